The van der Waals surface area contributed by atoms with Crippen molar-refractivity contribution >= 4 is 5.97 Å². The number of carboxylic acids is 1. The van der Waals surface area contributed by atoms with E-state index in [1.54, 1.807) is 0 Å². The number of hydrogen-bond donors (Lipinski definition) is 2. The van der Waals surface area contributed by atoms with E-state index in [4.69, 9.17) is 4.74 Å². The molecule has 0 amide bonds. The lowest BCUT2D eigenvalue weighted by Gasteiger charge is -2.34. The Bertz CT molecular complexity index is 447. The van der Waals surface area contributed by atoms with E-state index in [9.17, 15) is 9.90 Å². The van der Waals surface area contributed by atoms with E-state index in [1.165, 1.54) is 0 Å². The number of nitrogens with one attached hydrogen (secondary N) is 1. The molecule has 1 fully saturated rings. The van der Waals surface area contributed by atoms with Crippen LogP contribution in [0.1, 0.15) is 32.3 Å². The summed E-state index contributed by atoms with van der Waals surface area (Å²) in [5, 5.41) is 12.8. The summed E-state index contributed by atoms with van der Waals surface area (Å²) in [4.78, 5) is 11.7. The maximum Gasteiger partial charge on any atom is 0.314 e. The molecular weight excluding hydrogens is 254 g/mol. The molecule has 4 heteroatoms. The Labute approximate surface area is 120 Å². The largest absolute Gasteiger partial charge is 0.493 e. The lowest BCUT2D eigenvalue weighted by Crippen LogP contribution is -2.45. The molecule has 2 N–H and O–H groups in total. The highest BCUT2D eigenvalue weighted by Crippen LogP contribution is 2.34. The van der Waals surface area contributed by atoms with Gasteiger partial charge in [0, 0.05) is 0 Å². The molecule has 20 heavy (non-hydrogen) atoms. The number of aliphatic carboxylic acids is 1. The second-order valence-corrected chi connectivity index (χ2v) is 5.87. The molecule has 0 aliphatic carbocycles. The highest BCUT2D eigenvalue weighted by Gasteiger charge is 2.41. The first-order valence-corrected chi connectivity index (χ1v) is 7.22. The van der Waals surface area contributed by atoms with Crippen LogP contribution in [0.4, 0.5) is 0 Å². The average molecular weight is 277 g/mol. The highest BCUT2D eigenvalue weighted by molar-refractivity contribution is 5.81. The molecule has 0 saturated carbocycles. The second-order valence-electron chi connectivity index (χ2n) is 5.87. The first-order chi connectivity index (χ1) is 9.54. The number of ether oxygens (including phenoxy) is 1. The summed E-state index contributed by atoms with van der Waals surface area (Å²) in [6.45, 7) is 6.37. The van der Waals surface area contributed by atoms with Crippen molar-refractivity contribution in [1.82, 2.24) is 5.32 Å². The molecule has 1 heterocycles. The predicted octanol–water partition coefficient (Wildman–Crippen LogP) is 2.43. The van der Waals surface area contributed by atoms with E-state index in [1.807, 2.05) is 24.3 Å². The topological polar surface area (TPSA) is 58.6 Å². The Kier molecular flexibility index (Phi) is 4.65. The van der Waals surface area contributed by atoms with Gasteiger partial charge in [0.2, 0.25) is 0 Å². The van der Waals surface area contributed by atoms with Gasteiger partial charge in [-0.1, -0.05) is 26.0 Å². The van der Waals surface area contributed by atoms with Gasteiger partial charge in [0.1, 0.15) is 5.75 Å². The first-order valence-electron chi connectivity index (χ1n) is 7.22. The summed E-state index contributed by atoms with van der Waals surface area (Å²) in [7, 11) is 0. The van der Waals surface area contributed by atoms with Crippen molar-refractivity contribution in [3.05, 3.63) is 29.8 Å². The van der Waals surface area contributed by atoms with Gasteiger partial charge in [-0.05, 0) is 49.5 Å². The third-order valence-corrected chi connectivity index (χ3v) is 3.86. The number of piperidine rings is 1. The predicted molar refractivity (Wildman–Crippen MR) is 78.2 cm³/mol. The summed E-state index contributed by atoms with van der Waals surface area (Å²) in [6, 6.07) is 7.55. The summed E-state index contributed by atoms with van der Waals surface area (Å²) in [5.74, 6) is 0.552. The van der Waals surface area contributed by atoms with Crippen LogP contribution in [0.5, 0.6) is 5.75 Å². The van der Waals surface area contributed by atoms with Crippen LogP contribution in [0.2, 0.25) is 0 Å². The summed E-state index contributed by atoms with van der Waals surface area (Å²) in [6.07, 6.45) is 1.27. The minimum atomic E-state index is -0.748. The molecule has 0 spiro atoms. The van der Waals surface area contributed by atoms with E-state index in [-0.39, 0.29) is 0 Å². The van der Waals surface area contributed by atoms with Crippen molar-refractivity contribution in [2.24, 2.45) is 5.92 Å². The fourth-order valence-electron chi connectivity index (χ4n) is 2.61. The van der Waals surface area contributed by atoms with Gasteiger partial charge in [0.25, 0.3) is 0 Å². The Balaban J connectivity index is 2.16. The molecule has 4 nitrogen and oxygen atoms in total. The molecule has 0 bridgehead atoms. The summed E-state index contributed by atoms with van der Waals surface area (Å²) >= 11 is 0. The maximum atomic E-state index is 11.7. The normalized spacial score (nSPS) is 17.9. The quantitative estimate of drug-likeness (QED) is 0.868. The number of hydrogen-bond acceptors (Lipinski definition) is 3. The van der Waals surface area contributed by atoms with Gasteiger partial charge in [-0.3, -0.25) is 4.79 Å². The zero-order valence-corrected chi connectivity index (χ0v) is 12.2. The lowest BCUT2D eigenvalue weighted by atomic mass is 9.73. The number of carbonyl (C=O) groups is 1. The monoisotopic (exact) mass is 277 g/mol. The van der Waals surface area contributed by atoms with E-state index >= 15 is 0 Å². The standard InChI is InChI=1S/C16H23NO3/c1-12(2)11-20-14-5-3-13(4-6-14)16(15(18)19)7-9-17-10-8-16/h3-6,12,17H,7-11H2,1-2H3,(H,18,19). The Morgan fingerprint density at radius 3 is 2.40 bits per heavy atom. The molecule has 0 radical (unpaired) electrons. The molecule has 1 aromatic rings. The number of rotatable bonds is 5. The third-order valence-electron chi connectivity index (χ3n) is 3.86. The SMILES string of the molecule is CC(C)COc1ccc(C2(C(=O)O)CCNCC2)cc1. The van der Waals surface area contributed by atoms with Crippen LogP contribution >= 0.6 is 0 Å². The van der Waals surface area contributed by atoms with Gasteiger partial charge in [0.15, 0.2) is 0 Å². The van der Waals surface area contributed by atoms with Gasteiger partial charge in [0.05, 0.1) is 12.0 Å². The van der Waals surface area contributed by atoms with Gasteiger partial charge in [-0.2, -0.15) is 0 Å². The molecule has 0 unspecified atom stereocenters. The van der Waals surface area contributed by atoms with Crippen LogP contribution in [-0.2, 0) is 10.2 Å². The molecule has 2 rings (SSSR count). The first kappa shape index (κ1) is 14.9. The molecule has 0 aromatic heterocycles. The molecule has 1 saturated heterocycles. The summed E-state index contributed by atoms with van der Waals surface area (Å²) in [5.41, 5.74) is 0.130. The van der Waals surface area contributed by atoms with Crippen LogP contribution in [0, 0.1) is 5.92 Å². The minimum Gasteiger partial charge on any atom is -0.493 e. The van der Waals surface area contributed by atoms with Crippen molar-refractivity contribution in [2.75, 3.05) is 19.7 Å². The van der Waals surface area contributed by atoms with E-state index in [0.717, 1.165) is 24.4 Å². The van der Waals surface area contributed by atoms with Crippen LogP contribution in [0.15, 0.2) is 24.3 Å². The van der Waals surface area contributed by atoms with E-state index < -0.39 is 11.4 Å². The minimum absolute atomic E-state index is 0.476. The van der Waals surface area contributed by atoms with E-state index in [0.29, 0.717) is 25.4 Å². The van der Waals surface area contributed by atoms with Crippen molar-refractivity contribution in [1.29, 1.82) is 0 Å². The number of benzene rings is 1. The third kappa shape index (κ3) is 3.12. The molecule has 110 valence electrons. The van der Waals surface area contributed by atoms with Crippen LogP contribution < -0.4 is 10.1 Å². The Morgan fingerprint density at radius 1 is 1.30 bits per heavy atom. The van der Waals surface area contributed by atoms with Crippen molar-refractivity contribution in [2.45, 2.75) is 32.1 Å². The fraction of sp³-hybridized carbons (Fsp3) is 0.562. The molecule has 1 aromatic carbocycles. The van der Waals surface area contributed by atoms with Crippen LogP contribution in [-0.4, -0.2) is 30.8 Å². The van der Waals surface area contributed by atoms with Crippen molar-refractivity contribution < 1.29 is 14.6 Å². The smallest absolute Gasteiger partial charge is 0.314 e. The van der Waals surface area contributed by atoms with Gasteiger partial charge in [-0.25, -0.2) is 0 Å². The van der Waals surface area contributed by atoms with Crippen molar-refractivity contribution in [3.63, 3.8) is 0 Å². The zero-order chi connectivity index (χ0) is 14.6. The maximum absolute atomic E-state index is 11.7. The molecule has 1 aliphatic rings. The van der Waals surface area contributed by atoms with Gasteiger partial charge in [-0.15, -0.1) is 0 Å². The van der Waals surface area contributed by atoms with Gasteiger partial charge >= 0.3 is 5.97 Å². The number of carboxylic acid groups (broad SMARTS) is 1. The second kappa shape index (κ2) is 6.27. The van der Waals surface area contributed by atoms with Gasteiger partial charge < -0.3 is 15.2 Å². The highest BCUT2D eigenvalue weighted by atomic mass is 16.5. The summed E-state index contributed by atoms with van der Waals surface area (Å²) < 4.78 is 5.64. The lowest BCUT2D eigenvalue weighted by molar-refractivity contribution is -0.145. The molecular formula is C16H23NO3. The fourth-order valence-corrected chi connectivity index (χ4v) is 2.61. The van der Waals surface area contributed by atoms with Crippen molar-refractivity contribution in [3.8, 4) is 5.75 Å². The Hall–Kier alpha value is -1.55. The van der Waals surface area contributed by atoms with E-state index in [2.05, 4.69) is 19.2 Å². The average Bonchev–Trinajstić information content (AvgIpc) is 2.46. The molecule has 0 atom stereocenters. The van der Waals surface area contributed by atoms with Crippen LogP contribution in [0.3, 0.4) is 0 Å². The molecule has 1 aliphatic heterocycles. The zero-order valence-electron chi connectivity index (χ0n) is 12.2. The van der Waals surface area contributed by atoms with Crippen LogP contribution in [0.25, 0.3) is 0 Å². The Morgan fingerprint density at radius 2 is 1.90 bits per heavy atom.